The van der Waals surface area contributed by atoms with Gasteiger partial charge in [0.25, 0.3) is 0 Å². The van der Waals surface area contributed by atoms with Crippen LogP contribution >= 0.6 is 0 Å². The Bertz CT molecular complexity index is 779. The van der Waals surface area contributed by atoms with Crippen molar-refractivity contribution in [3.8, 4) is 5.75 Å². The first-order valence-electron chi connectivity index (χ1n) is 9.79. The molecule has 2 N–H and O–H groups in total. The van der Waals surface area contributed by atoms with Gasteiger partial charge in [-0.3, -0.25) is 4.79 Å². The lowest BCUT2D eigenvalue weighted by Gasteiger charge is -2.41. The summed E-state index contributed by atoms with van der Waals surface area (Å²) in [6.45, 7) is 4.92. The second-order valence-electron chi connectivity index (χ2n) is 8.16. The van der Waals surface area contributed by atoms with Gasteiger partial charge in [-0.15, -0.1) is 0 Å². The van der Waals surface area contributed by atoms with Gasteiger partial charge >= 0.3 is 0 Å². The number of methoxy groups -OCH3 is 1. The number of nitrogens with zero attached hydrogens (tertiary/aromatic N) is 1. The van der Waals surface area contributed by atoms with Gasteiger partial charge in [0.1, 0.15) is 11.3 Å². The Morgan fingerprint density at radius 1 is 1.11 bits per heavy atom. The molecular weight excluding hydrogens is 352 g/mol. The smallest absolute Gasteiger partial charge is 0.247 e. The van der Waals surface area contributed by atoms with Crippen molar-refractivity contribution < 1.29 is 14.6 Å². The van der Waals surface area contributed by atoms with Crippen molar-refractivity contribution in [3.63, 3.8) is 0 Å². The minimum atomic E-state index is -0.744. The van der Waals surface area contributed by atoms with Crippen LogP contribution in [0, 0.1) is 0 Å². The second kappa shape index (κ2) is 8.23. The summed E-state index contributed by atoms with van der Waals surface area (Å²) in [5, 5.41) is 14.3. The summed E-state index contributed by atoms with van der Waals surface area (Å²) >= 11 is 0. The SMILES string of the molecule is COc1ccc(NC(C)(C)C(=O)N2CCC(O)(Cc3ccccc3)CC2)cc1. The maximum absolute atomic E-state index is 13.1. The molecule has 0 bridgehead atoms. The van der Waals surface area contributed by atoms with Gasteiger partial charge in [-0.1, -0.05) is 30.3 Å². The van der Waals surface area contributed by atoms with Crippen molar-refractivity contribution in [2.75, 3.05) is 25.5 Å². The zero-order valence-corrected chi connectivity index (χ0v) is 16.9. The third kappa shape index (κ3) is 4.84. The van der Waals surface area contributed by atoms with Crippen molar-refractivity contribution >= 4 is 11.6 Å². The number of nitrogens with one attached hydrogen (secondary N) is 1. The van der Waals surface area contributed by atoms with E-state index in [1.165, 1.54) is 0 Å². The number of carbonyl (C=O) groups excluding carboxylic acids is 1. The number of piperidine rings is 1. The molecule has 1 heterocycles. The van der Waals surface area contributed by atoms with Gasteiger partial charge in [-0.05, 0) is 56.5 Å². The molecule has 1 fully saturated rings. The summed E-state index contributed by atoms with van der Waals surface area (Å²) in [7, 11) is 1.63. The highest BCUT2D eigenvalue weighted by atomic mass is 16.5. The zero-order chi connectivity index (χ0) is 20.2. The average Bonchev–Trinajstić information content (AvgIpc) is 2.69. The highest BCUT2D eigenvalue weighted by molar-refractivity contribution is 5.88. The molecule has 0 spiro atoms. The molecule has 0 radical (unpaired) electrons. The molecule has 1 aliphatic rings. The van der Waals surface area contributed by atoms with E-state index in [1.807, 2.05) is 73.3 Å². The van der Waals surface area contributed by atoms with Gasteiger partial charge in [0.2, 0.25) is 5.91 Å². The minimum absolute atomic E-state index is 0.0464. The number of ether oxygens (including phenoxy) is 1. The molecule has 150 valence electrons. The van der Waals surface area contributed by atoms with Crippen LogP contribution in [0.15, 0.2) is 54.6 Å². The van der Waals surface area contributed by atoms with E-state index < -0.39 is 11.1 Å². The summed E-state index contributed by atoms with van der Waals surface area (Å²) in [6, 6.07) is 17.6. The van der Waals surface area contributed by atoms with E-state index >= 15 is 0 Å². The van der Waals surface area contributed by atoms with Crippen LogP contribution in [-0.4, -0.2) is 47.3 Å². The molecule has 3 rings (SSSR count). The summed E-state index contributed by atoms with van der Waals surface area (Å²) in [6.07, 6.45) is 1.81. The Hall–Kier alpha value is -2.53. The molecule has 5 heteroatoms. The summed E-state index contributed by atoms with van der Waals surface area (Å²) < 4.78 is 5.18. The Kier molecular flexibility index (Phi) is 5.94. The van der Waals surface area contributed by atoms with Crippen LogP contribution in [0.5, 0.6) is 5.75 Å². The predicted molar refractivity (Wildman–Crippen MR) is 112 cm³/mol. The maximum Gasteiger partial charge on any atom is 0.247 e. The van der Waals surface area contributed by atoms with Crippen LogP contribution in [0.25, 0.3) is 0 Å². The molecule has 0 unspecified atom stereocenters. The highest BCUT2D eigenvalue weighted by Crippen LogP contribution is 2.28. The Labute approximate surface area is 167 Å². The number of hydrogen-bond acceptors (Lipinski definition) is 4. The molecule has 1 aliphatic heterocycles. The fourth-order valence-corrected chi connectivity index (χ4v) is 3.76. The summed E-state index contributed by atoms with van der Waals surface area (Å²) in [5.74, 6) is 0.827. The van der Waals surface area contributed by atoms with Gasteiger partial charge in [-0.25, -0.2) is 0 Å². The monoisotopic (exact) mass is 382 g/mol. The van der Waals surface area contributed by atoms with E-state index in [0.29, 0.717) is 32.4 Å². The van der Waals surface area contributed by atoms with Crippen LogP contribution in [0.1, 0.15) is 32.3 Å². The van der Waals surface area contributed by atoms with E-state index in [4.69, 9.17) is 4.74 Å². The van der Waals surface area contributed by atoms with Gasteiger partial charge < -0.3 is 20.1 Å². The number of amides is 1. The molecule has 0 aromatic heterocycles. The fourth-order valence-electron chi connectivity index (χ4n) is 3.76. The minimum Gasteiger partial charge on any atom is -0.497 e. The second-order valence-corrected chi connectivity index (χ2v) is 8.16. The summed E-state index contributed by atoms with van der Waals surface area (Å²) in [4.78, 5) is 14.9. The number of hydrogen-bond donors (Lipinski definition) is 2. The third-order valence-electron chi connectivity index (χ3n) is 5.44. The maximum atomic E-state index is 13.1. The van der Waals surface area contributed by atoms with Gasteiger partial charge in [0.15, 0.2) is 0 Å². The van der Waals surface area contributed by atoms with Gasteiger partial charge in [0.05, 0.1) is 12.7 Å². The third-order valence-corrected chi connectivity index (χ3v) is 5.44. The predicted octanol–water partition coefficient (Wildman–Crippen LogP) is 3.48. The van der Waals surface area contributed by atoms with Crippen molar-refractivity contribution in [2.45, 2.75) is 44.2 Å². The molecule has 5 nitrogen and oxygen atoms in total. The van der Waals surface area contributed by atoms with Crippen molar-refractivity contribution in [1.82, 2.24) is 4.90 Å². The van der Waals surface area contributed by atoms with Crippen LogP contribution in [-0.2, 0) is 11.2 Å². The van der Waals surface area contributed by atoms with E-state index in [0.717, 1.165) is 17.0 Å². The molecule has 1 amide bonds. The quantitative estimate of drug-likeness (QED) is 0.803. The van der Waals surface area contributed by atoms with Crippen LogP contribution < -0.4 is 10.1 Å². The Morgan fingerprint density at radius 2 is 1.71 bits per heavy atom. The topological polar surface area (TPSA) is 61.8 Å². The number of anilines is 1. The van der Waals surface area contributed by atoms with Gasteiger partial charge in [-0.2, -0.15) is 0 Å². The molecule has 28 heavy (non-hydrogen) atoms. The zero-order valence-electron chi connectivity index (χ0n) is 16.9. The van der Waals surface area contributed by atoms with Crippen molar-refractivity contribution in [1.29, 1.82) is 0 Å². The first kappa shape index (κ1) is 20.2. The number of rotatable bonds is 6. The molecular formula is C23H30N2O3. The number of carbonyl (C=O) groups is 1. The lowest BCUT2D eigenvalue weighted by atomic mass is 9.84. The van der Waals surface area contributed by atoms with Crippen LogP contribution in [0.2, 0.25) is 0 Å². The van der Waals surface area contributed by atoms with E-state index in [2.05, 4.69) is 5.32 Å². The molecule has 0 saturated carbocycles. The number of likely N-dealkylation sites (tertiary alicyclic amines) is 1. The van der Waals surface area contributed by atoms with Gasteiger partial charge in [0, 0.05) is 25.2 Å². The van der Waals surface area contributed by atoms with Crippen molar-refractivity contribution in [3.05, 3.63) is 60.2 Å². The van der Waals surface area contributed by atoms with E-state index in [1.54, 1.807) is 7.11 Å². The standard InChI is InChI=1S/C23H30N2O3/c1-22(2,24-19-9-11-20(28-3)12-10-19)21(26)25-15-13-23(27,14-16-25)17-18-7-5-4-6-8-18/h4-12,24,27H,13-17H2,1-3H3. The lowest BCUT2D eigenvalue weighted by molar-refractivity contribution is -0.139. The molecule has 1 saturated heterocycles. The largest absolute Gasteiger partial charge is 0.497 e. The van der Waals surface area contributed by atoms with Crippen LogP contribution in [0.3, 0.4) is 0 Å². The molecule has 0 atom stereocenters. The fraction of sp³-hybridized carbons (Fsp3) is 0.435. The first-order chi connectivity index (χ1) is 13.3. The Morgan fingerprint density at radius 3 is 2.29 bits per heavy atom. The number of aliphatic hydroxyl groups is 1. The Balaban J connectivity index is 1.58. The summed E-state index contributed by atoms with van der Waals surface area (Å²) in [5.41, 5.74) is 0.526. The average molecular weight is 383 g/mol. The van der Waals surface area contributed by atoms with Crippen LogP contribution in [0.4, 0.5) is 5.69 Å². The highest BCUT2D eigenvalue weighted by Gasteiger charge is 2.38. The normalized spacial score (nSPS) is 16.5. The van der Waals surface area contributed by atoms with E-state index in [9.17, 15) is 9.90 Å². The van der Waals surface area contributed by atoms with Crippen molar-refractivity contribution in [2.24, 2.45) is 0 Å². The number of benzene rings is 2. The first-order valence-corrected chi connectivity index (χ1v) is 9.79. The molecule has 2 aromatic rings. The molecule has 0 aliphatic carbocycles. The van der Waals surface area contributed by atoms with E-state index in [-0.39, 0.29) is 5.91 Å². The molecule has 2 aromatic carbocycles. The lowest BCUT2D eigenvalue weighted by Crippen LogP contribution is -2.55.